The van der Waals surface area contributed by atoms with Crippen LogP contribution in [0.1, 0.15) is 12.0 Å². The Morgan fingerprint density at radius 2 is 2.17 bits per heavy atom. The lowest BCUT2D eigenvalue weighted by molar-refractivity contribution is 0.288. The molecule has 0 aliphatic carbocycles. The van der Waals surface area contributed by atoms with Crippen molar-refractivity contribution in [2.75, 3.05) is 11.9 Å². The lowest BCUT2D eigenvalue weighted by Crippen LogP contribution is -2.08. The molecule has 1 aromatic carbocycles. The number of pyridine rings is 1. The van der Waals surface area contributed by atoms with Crippen molar-refractivity contribution in [1.29, 1.82) is 0 Å². The van der Waals surface area contributed by atoms with Crippen LogP contribution in [-0.4, -0.2) is 11.6 Å². The van der Waals surface area contributed by atoms with Crippen LogP contribution in [0, 0.1) is 0 Å². The average Bonchev–Trinajstić information content (AvgIpc) is 2.41. The fraction of sp³-hybridized carbons (Fsp3) is 0.214. The van der Waals surface area contributed by atoms with Crippen LogP contribution in [0.2, 0.25) is 0 Å². The molecule has 0 atom stereocenters. The number of nitrogens with one attached hydrogen (secondary N) is 1. The highest BCUT2D eigenvalue weighted by Gasteiger charge is 2.10. The van der Waals surface area contributed by atoms with Gasteiger partial charge in [-0.3, -0.25) is 0 Å². The predicted molar refractivity (Wildman–Crippen MR) is 75.5 cm³/mol. The van der Waals surface area contributed by atoms with Gasteiger partial charge >= 0.3 is 0 Å². The monoisotopic (exact) mass is 304 g/mol. The highest BCUT2D eigenvalue weighted by atomic mass is 79.9. The Balaban J connectivity index is 1.82. The molecule has 1 aliphatic rings. The maximum Gasteiger partial charge on any atom is 0.130 e. The highest BCUT2D eigenvalue weighted by molar-refractivity contribution is 9.10. The third kappa shape index (κ3) is 2.48. The molecule has 18 heavy (non-hydrogen) atoms. The summed E-state index contributed by atoms with van der Waals surface area (Å²) in [5.41, 5.74) is 2.32. The first-order chi connectivity index (χ1) is 8.81. The minimum absolute atomic E-state index is 0.827. The molecular formula is C14H13BrN2O. The van der Waals surface area contributed by atoms with Gasteiger partial charge < -0.3 is 10.1 Å². The summed E-state index contributed by atoms with van der Waals surface area (Å²) in [5.74, 6) is 1.85. The number of halogens is 1. The smallest absolute Gasteiger partial charge is 0.130 e. The molecule has 4 heteroatoms. The van der Waals surface area contributed by atoms with Gasteiger partial charge in [-0.05, 0) is 64.7 Å². The summed E-state index contributed by atoms with van der Waals surface area (Å²) < 4.78 is 6.57. The van der Waals surface area contributed by atoms with E-state index in [-0.39, 0.29) is 0 Å². The van der Waals surface area contributed by atoms with Crippen LogP contribution in [0.4, 0.5) is 11.5 Å². The SMILES string of the molecule is Brc1ccc(Nc2ccc3c(c2)CCCO3)nc1. The Hall–Kier alpha value is -1.55. The average molecular weight is 305 g/mol. The first-order valence-electron chi connectivity index (χ1n) is 5.95. The molecule has 1 aromatic heterocycles. The molecule has 0 radical (unpaired) electrons. The molecule has 0 fully saturated rings. The molecule has 0 spiro atoms. The minimum Gasteiger partial charge on any atom is -0.493 e. The Morgan fingerprint density at radius 1 is 1.22 bits per heavy atom. The van der Waals surface area contributed by atoms with Gasteiger partial charge in [-0.1, -0.05) is 0 Å². The normalized spacial score (nSPS) is 13.6. The summed E-state index contributed by atoms with van der Waals surface area (Å²) in [5, 5.41) is 3.29. The number of fused-ring (bicyclic) bond motifs is 1. The van der Waals surface area contributed by atoms with Gasteiger partial charge in [0, 0.05) is 16.4 Å². The van der Waals surface area contributed by atoms with Crippen molar-refractivity contribution in [3.63, 3.8) is 0 Å². The third-order valence-electron chi connectivity index (χ3n) is 2.91. The fourth-order valence-corrected chi connectivity index (χ4v) is 2.27. The Morgan fingerprint density at radius 3 is 3.00 bits per heavy atom. The molecule has 0 saturated heterocycles. The lowest BCUT2D eigenvalue weighted by Gasteiger charge is -2.18. The Labute approximate surface area is 114 Å². The number of benzene rings is 1. The zero-order valence-corrected chi connectivity index (χ0v) is 11.4. The number of anilines is 2. The second-order valence-corrected chi connectivity index (χ2v) is 5.18. The van der Waals surface area contributed by atoms with Crippen LogP contribution in [0.15, 0.2) is 41.0 Å². The van der Waals surface area contributed by atoms with Crippen molar-refractivity contribution in [2.24, 2.45) is 0 Å². The first-order valence-corrected chi connectivity index (χ1v) is 6.75. The molecule has 0 saturated carbocycles. The van der Waals surface area contributed by atoms with Crippen LogP contribution in [0.5, 0.6) is 5.75 Å². The van der Waals surface area contributed by atoms with Crippen LogP contribution in [0.25, 0.3) is 0 Å². The molecule has 1 N–H and O–H groups in total. The number of aromatic nitrogens is 1. The molecule has 2 heterocycles. The molecule has 3 rings (SSSR count). The summed E-state index contributed by atoms with van der Waals surface area (Å²) >= 11 is 3.37. The number of ether oxygens (including phenoxy) is 1. The highest BCUT2D eigenvalue weighted by Crippen LogP contribution is 2.28. The number of aryl methyl sites for hydroxylation is 1. The van der Waals surface area contributed by atoms with Crippen LogP contribution < -0.4 is 10.1 Å². The van der Waals surface area contributed by atoms with E-state index in [1.165, 1.54) is 5.56 Å². The van der Waals surface area contributed by atoms with Gasteiger partial charge in [0.05, 0.1) is 6.61 Å². The summed E-state index contributed by atoms with van der Waals surface area (Å²) in [6.45, 7) is 0.827. The standard InChI is InChI=1S/C14H13BrN2O/c15-11-3-6-14(16-9-11)17-12-4-5-13-10(8-12)2-1-7-18-13/h3-6,8-9H,1-2,7H2,(H,16,17). The van der Waals surface area contributed by atoms with E-state index in [9.17, 15) is 0 Å². The van der Waals surface area contributed by atoms with Crippen molar-refractivity contribution in [3.8, 4) is 5.75 Å². The van der Waals surface area contributed by atoms with E-state index in [0.29, 0.717) is 0 Å². The summed E-state index contributed by atoms with van der Waals surface area (Å²) in [4.78, 5) is 4.30. The van der Waals surface area contributed by atoms with Crippen LogP contribution in [0.3, 0.4) is 0 Å². The van der Waals surface area contributed by atoms with Crippen LogP contribution in [-0.2, 0) is 6.42 Å². The zero-order valence-electron chi connectivity index (χ0n) is 9.82. The molecule has 0 unspecified atom stereocenters. The second kappa shape index (κ2) is 4.98. The molecule has 0 bridgehead atoms. The van der Waals surface area contributed by atoms with E-state index in [2.05, 4.69) is 32.3 Å². The van der Waals surface area contributed by atoms with Gasteiger partial charge in [-0.2, -0.15) is 0 Å². The van der Waals surface area contributed by atoms with Crippen LogP contribution >= 0.6 is 15.9 Å². The summed E-state index contributed by atoms with van der Waals surface area (Å²) in [6.07, 6.45) is 3.95. The van der Waals surface area contributed by atoms with E-state index in [4.69, 9.17) is 4.74 Å². The summed E-state index contributed by atoms with van der Waals surface area (Å²) in [7, 11) is 0. The van der Waals surface area contributed by atoms with Gasteiger partial charge in [0.25, 0.3) is 0 Å². The van der Waals surface area contributed by atoms with Crippen molar-refractivity contribution in [2.45, 2.75) is 12.8 Å². The topological polar surface area (TPSA) is 34.1 Å². The van der Waals surface area contributed by atoms with Gasteiger partial charge in [0.1, 0.15) is 11.6 Å². The largest absolute Gasteiger partial charge is 0.493 e. The van der Waals surface area contributed by atoms with Gasteiger partial charge in [0.15, 0.2) is 0 Å². The van der Waals surface area contributed by atoms with Gasteiger partial charge in [-0.15, -0.1) is 0 Å². The first kappa shape index (κ1) is 11.5. The van der Waals surface area contributed by atoms with Crippen molar-refractivity contribution >= 4 is 27.4 Å². The Bertz CT molecular complexity index is 554. The third-order valence-corrected chi connectivity index (χ3v) is 3.38. The van der Waals surface area contributed by atoms with Crippen molar-refractivity contribution < 1.29 is 4.74 Å². The predicted octanol–water partition coefficient (Wildman–Crippen LogP) is 3.91. The van der Waals surface area contributed by atoms with E-state index < -0.39 is 0 Å². The number of rotatable bonds is 2. The van der Waals surface area contributed by atoms with Gasteiger partial charge in [0.2, 0.25) is 0 Å². The molecule has 2 aromatic rings. The van der Waals surface area contributed by atoms with E-state index in [1.54, 1.807) is 6.20 Å². The maximum absolute atomic E-state index is 5.59. The van der Waals surface area contributed by atoms with E-state index in [0.717, 1.165) is 41.2 Å². The fourth-order valence-electron chi connectivity index (χ4n) is 2.04. The second-order valence-electron chi connectivity index (χ2n) is 4.26. The van der Waals surface area contributed by atoms with E-state index in [1.807, 2.05) is 24.3 Å². The minimum atomic E-state index is 0.827. The number of nitrogens with zero attached hydrogens (tertiary/aromatic N) is 1. The Kier molecular flexibility index (Phi) is 3.19. The molecular weight excluding hydrogens is 292 g/mol. The molecule has 0 amide bonds. The molecule has 3 nitrogen and oxygen atoms in total. The van der Waals surface area contributed by atoms with Crippen molar-refractivity contribution in [3.05, 3.63) is 46.6 Å². The number of hydrogen-bond acceptors (Lipinski definition) is 3. The summed E-state index contributed by atoms with van der Waals surface area (Å²) in [6, 6.07) is 10.1. The quantitative estimate of drug-likeness (QED) is 0.913. The van der Waals surface area contributed by atoms with E-state index >= 15 is 0 Å². The number of hydrogen-bond donors (Lipinski definition) is 1. The van der Waals surface area contributed by atoms with Crippen molar-refractivity contribution in [1.82, 2.24) is 4.98 Å². The molecule has 92 valence electrons. The van der Waals surface area contributed by atoms with Gasteiger partial charge in [-0.25, -0.2) is 4.98 Å². The molecule has 1 aliphatic heterocycles. The zero-order chi connectivity index (χ0) is 12.4. The maximum atomic E-state index is 5.59. The lowest BCUT2D eigenvalue weighted by atomic mass is 10.1.